The number of imide groups is 1. The standard InChI is InChI=1S/C21H29N5O2/c27-19-17-15-4-5-16(14-15)18(17)20(28)26(19)9-2-1-8-24-10-12-25(13-11-24)21-22-6-3-7-23-21/h3,6-7,15-18H,1-2,4-5,8-14H2/t15-,16-,17-,18+/m1/s1/i3D. The van der Waals surface area contributed by atoms with Gasteiger partial charge in [-0.05, 0) is 56.5 Å². The molecule has 0 radical (unpaired) electrons. The predicted molar refractivity (Wildman–Crippen MR) is 104 cm³/mol. The maximum atomic E-state index is 12.7. The summed E-state index contributed by atoms with van der Waals surface area (Å²) in [5.41, 5.74) is 0. The minimum absolute atomic E-state index is 0.0145. The fraction of sp³-hybridized carbons (Fsp3) is 0.714. The largest absolute Gasteiger partial charge is 0.338 e. The molecule has 3 heterocycles. The summed E-state index contributed by atoms with van der Waals surface area (Å²) in [5.74, 6) is 1.93. The number of carbonyl (C=O) groups excluding carboxylic acids is 2. The van der Waals surface area contributed by atoms with Gasteiger partial charge in [0.1, 0.15) is 0 Å². The number of amides is 2. The van der Waals surface area contributed by atoms with Gasteiger partial charge in [0.2, 0.25) is 17.8 Å². The van der Waals surface area contributed by atoms with Crippen LogP contribution >= 0.6 is 0 Å². The van der Waals surface area contributed by atoms with Gasteiger partial charge in [-0.1, -0.05) is 0 Å². The first-order chi connectivity index (χ1) is 14.1. The number of hydrogen-bond acceptors (Lipinski definition) is 6. The maximum absolute atomic E-state index is 12.7. The highest BCUT2D eigenvalue weighted by molar-refractivity contribution is 6.06. The van der Waals surface area contributed by atoms with Crippen LogP contribution < -0.4 is 4.90 Å². The molecule has 28 heavy (non-hydrogen) atoms. The molecule has 2 amide bonds. The van der Waals surface area contributed by atoms with E-state index in [-0.39, 0.29) is 23.7 Å². The summed E-state index contributed by atoms with van der Waals surface area (Å²) >= 11 is 0. The van der Waals surface area contributed by atoms with Gasteiger partial charge in [-0.15, -0.1) is 0 Å². The normalized spacial score (nSPS) is 32.9. The highest BCUT2D eigenvalue weighted by atomic mass is 16.2. The highest BCUT2D eigenvalue weighted by Gasteiger charge is 2.60. The third kappa shape index (κ3) is 3.09. The number of hydrogen-bond donors (Lipinski definition) is 0. The Morgan fingerprint density at radius 3 is 2.18 bits per heavy atom. The Bertz CT molecular complexity index is 752. The predicted octanol–water partition coefficient (Wildman–Crippen LogP) is 1.41. The molecule has 0 aromatic carbocycles. The Hall–Kier alpha value is -2.02. The molecule has 0 N–H and O–H groups in total. The van der Waals surface area contributed by atoms with Crippen LogP contribution in [0.5, 0.6) is 0 Å². The smallest absolute Gasteiger partial charge is 0.233 e. The molecule has 2 bridgehead atoms. The molecule has 4 aliphatic rings. The minimum Gasteiger partial charge on any atom is -0.338 e. The second kappa shape index (κ2) is 7.43. The Balaban J connectivity index is 1.05. The van der Waals surface area contributed by atoms with Crippen LogP contribution in [0.3, 0.4) is 0 Å². The van der Waals surface area contributed by atoms with Crippen molar-refractivity contribution in [2.24, 2.45) is 23.7 Å². The number of nitrogens with zero attached hydrogens (tertiary/aromatic N) is 5. The fourth-order valence-electron chi connectivity index (χ4n) is 5.89. The van der Waals surface area contributed by atoms with Gasteiger partial charge >= 0.3 is 0 Å². The maximum Gasteiger partial charge on any atom is 0.233 e. The molecule has 4 fully saturated rings. The molecule has 2 aliphatic carbocycles. The summed E-state index contributed by atoms with van der Waals surface area (Å²) in [5, 5.41) is 0. The first-order valence-electron chi connectivity index (χ1n) is 11.2. The summed E-state index contributed by atoms with van der Waals surface area (Å²) in [7, 11) is 0. The van der Waals surface area contributed by atoms with Gasteiger partial charge in [0.25, 0.3) is 0 Å². The number of carbonyl (C=O) groups is 2. The van der Waals surface area contributed by atoms with Gasteiger partial charge in [-0.3, -0.25) is 19.4 Å². The summed E-state index contributed by atoms with van der Waals surface area (Å²) in [6.45, 7) is 5.27. The quantitative estimate of drug-likeness (QED) is 0.546. The molecule has 2 aliphatic heterocycles. The van der Waals surface area contributed by atoms with Crippen LogP contribution in [-0.2, 0) is 9.59 Å². The monoisotopic (exact) mass is 384 g/mol. The summed E-state index contributed by atoms with van der Waals surface area (Å²) in [6.07, 6.45) is 8.35. The van der Waals surface area contributed by atoms with Crippen molar-refractivity contribution in [3.8, 4) is 0 Å². The number of aromatic nitrogens is 2. The molecule has 7 nitrogen and oxygen atoms in total. The van der Waals surface area contributed by atoms with Crippen molar-refractivity contribution in [2.75, 3.05) is 44.2 Å². The Morgan fingerprint density at radius 2 is 1.54 bits per heavy atom. The number of unbranched alkanes of at least 4 members (excludes halogenated alkanes) is 1. The van der Waals surface area contributed by atoms with E-state index in [9.17, 15) is 9.59 Å². The van der Waals surface area contributed by atoms with Crippen molar-refractivity contribution in [3.05, 3.63) is 18.4 Å². The van der Waals surface area contributed by atoms with Crippen molar-refractivity contribution in [3.63, 3.8) is 0 Å². The van der Waals surface area contributed by atoms with Crippen molar-refractivity contribution in [2.45, 2.75) is 32.1 Å². The van der Waals surface area contributed by atoms with E-state index in [1.54, 1.807) is 4.90 Å². The number of rotatable bonds is 6. The van der Waals surface area contributed by atoms with E-state index >= 15 is 0 Å². The molecule has 4 atom stereocenters. The van der Waals surface area contributed by atoms with Crippen molar-refractivity contribution >= 4 is 17.8 Å². The van der Waals surface area contributed by atoms with E-state index < -0.39 is 0 Å². The van der Waals surface area contributed by atoms with E-state index in [0.717, 1.165) is 64.8 Å². The zero-order valence-electron chi connectivity index (χ0n) is 17.3. The van der Waals surface area contributed by atoms with E-state index in [0.29, 0.717) is 30.4 Å². The molecule has 1 aromatic heterocycles. The lowest BCUT2D eigenvalue weighted by molar-refractivity contribution is -0.140. The van der Waals surface area contributed by atoms with Crippen LogP contribution in [0.1, 0.15) is 33.5 Å². The van der Waals surface area contributed by atoms with Crippen molar-refractivity contribution in [1.82, 2.24) is 19.8 Å². The van der Waals surface area contributed by atoms with Crippen LogP contribution in [0.2, 0.25) is 0 Å². The van der Waals surface area contributed by atoms with Gasteiger partial charge in [-0.2, -0.15) is 0 Å². The minimum atomic E-state index is 0.0145. The summed E-state index contributed by atoms with van der Waals surface area (Å²) in [6, 6.07) is 0.332. The van der Waals surface area contributed by atoms with Crippen LogP contribution in [0.25, 0.3) is 0 Å². The second-order valence-electron chi connectivity index (χ2n) is 8.73. The third-order valence-electron chi connectivity index (χ3n) is 7.29. The molecular formula is C21H29N5O2. The lowest BCUT2D eigenvalue weighted by Crippen LogP contribution is -2.47. The van der Waals surface area contributed by atoms with Crippen molar-refractivity contribution in [1.29, 1.82) is 0 Å². The van der Waals surface area contributed by atoms with E-state index in [1.807, 2.05) is 0 Å². The number of likely N-dealkylation sites (tertiary alicyclic amines) is 1. The van der Waals surface area contributed by atoms with Crippen LogP contribution in [0.15, 0.2) is 18.4 Å². The van der Waals surface area contributed by atoms with Crippen LogP contribution in [0, 0.1) is 23.7 Å². The number of anilines is 1. The van der Waals surface area contributed by atoms with Crippen LogP contribution in [0.4, 0.5) is 5.95 Å². The second-order valence-corrected chi connectivity index (χ2v) is 8.73. The SMILES string of the molecule is [2H]c1cnc(N2CCN(CCCCN3C(=O)[C@@H]4[C@@H]5CC[C@H](C5)[C@@H]4C3=O)CC2)nc1. The van der Waals surface area contributed by atoms with Crippen molar-refractivity contribution < 1.29 is 11.0 Å². The Kier molecular flexibility index (Phi) is 4.48. The number of fused-ring (bicyclic) bond motifs is 5. The molecular weight excluding hydrogens is 354 g/mol. The molecule has 7 heteroatoms. The summed E-state index contributed by atoms with van der Waals surface area (Å²) in [4.78, 5) is 40.1. The molecule has 150 valence electrons. The average molecular weight is 385 g/mol. The van der Waals surface area contributed by atoms with Gasteiger partial charge in [0, 0.05) is 45.1 Å². The first kappa shape index (κ1) is 16.9. The Morgan fingerprint density at radius 1 is 0.929 bits per heavy atom. The van der Waals surface area contributed by atoms with Crippen LogP contribution in [-0.4, -0.2) is 70.9 Å². The lowest BCUT2D eigenvalue weighted by Gasteiger charge is -2.34. The molecule has 5 rings (SSSR count). The zero-order chi connectivity index (χ0) is 20.0. The van der Waals surface area contributed by atoms with E-state index in [2.05, 4.69) is 19.8 Å². The third-order valence-corrected chi connectivity index (χ3v) is 7.29. The molecule has 0 unspecified atom stereocenters. The summed E-state index contributed by atoms with van der Waals surface area (Å²) < 4.78 is 7.48. The first-order valence-corrected chi connectivity index (χ1v) is 10.7. The highest BCUT2D eigenvalue weighted by Crippen LogP contribution is 2.56. The van der Waals surface area contributed by atoms with E-state index in [4.69, 9.17) is 1.37 Å². The Labute approximate surface area is 167 Å². The molecule has 2 saturated carbocycles. The zero-order valence-corrected chi connectivity index (χ0v) is 16.3. The van der Waals surface area contributed by atoms with Gasteiger partial charge in [0.15, 0.2) is 0 Å². The molecule has 2 saturated heterocycles. The topological polar surface area (TPSA) is 69.6 Å². The van der Waals surface area contributed by atoms with Gasteiger partial charge in [-0.25, -0.2) is 9.97 Å². The fourth-order valence-corrected chi connectivity index (χ4v) is 5.89. The number of piperazine rings is 1. The van der Waals surface area contributed by atoms with Gasteiger partial charge < -0.3 is 4.90 Å². The lowest BCUT2D eigenvalue weighted by atomic mass is 9.81. The van der Waals surface area contributed by atoms with E-state index in [1.165, 1.54) is 12.4 Å². The molecule has 1 aromatic rings. The van der Waals surface area contributed by atoms with Gasteiger partial charge in [0.05, 0.1) is 13.2 Å². The average Bonchev–Trinajstić information content (AvgIpc) is 3.41. The molecule has 0 spiro atoms.